The lowest BCUT2D eigenvalue weighted by atomic mass is 9.70. The summed E-state index contributed by atoms with van der Waals surface area (Å²) in [6.07, 6.45) is 2.92. The monoisotopic (exact) mass is 1020 g/mol. The largest absolute Gasteiger partial charge is 0.309 e. The van der Waals surface area contributed by atoms with Crippen molar-refractivity contribution in [3.63, 3.8) is 0 Å². The second-order valence-corrected chi connectivity index (χ2v) is 22.8. The number of para-hydroxylation sites is 1. The minimum Gasteiger partial charge on any atom is -0.309 e. The molecule has 2 heteroatoms. The zero-order chi connectivity index (χ0) is 52.0. The van der Waals surface area contributed by atoms with Gasteiger partial charge in [-0.05, 0) is 138 Å². The van der Waals surface area contributed by atoms with Gasteiger partial charge in [0.1, 0.15) is 0 Å². The van der Waals surface area contributed by atoms with E-state index in [9.17, 15) is 0 Å². The molecule has 2 aliphatic carbocycles. The molecule has 0 radical (unpaired) electrons. The summed E-state index contributed by atoms with van der Waals surface area (Å²) in [6.45, 7) is 0. The minimum absolute atomic E-state index is 0.301. The summed E-state index contributed by atoms with van der Waals surface area (Å²) >= 11 is 1.93. The van der Waals surface area contributed by atoms with Crippen LogP contribution < -0.4 is 0 Å². The Morgan fingerprint density at radius 2 is 0.911 bits per heavy atom. The maximum Gasteiger partial charge on any atom is 0.0725 e. The molecule has 1 spiro atoms. The van der Waals surface area contributed by atoms with Crippen LogP contribution in [0.5, 0.6) is 0 Å². The molecule has 2 heterocycles. The highest BCUT2D eigenvalue weighted by atomic mass is 32.1. The molecule has 0 fully saturated rings. The second kappa shape index (κ2) is 18.4. The van der Waals surface area contributed by atoms with Gasteiger partial charge in [-0.3, -0.25) is 0 Å². The zero-order valence-electron chi connectivity index (χ0n) is 43.6. The molecule has 2 aromatic heterocycles. The number of hydrogen-bond donors (Lipinski definition) is 0. The van der Waals surface area contributed by atoms with Crippen molar-refractivity contribution in [3.05, 3.63) is 318 Å². The number of aromatic nitrogens is 1. The van der Waals surface area contributed by atoms with E-state index in [0.29, 0.717) is 5.92 Å². The van der Waals surface area contributed by atoms with Crippen LogP contribution in [0.4, 0.5) is 0 Å². The molecule has 0 bridgehead atoms. The van der Waals surface area contributed by atoms with Crippen molar-refractivity contribution in [1.82, 2.24) is 4.57 Å². The van der Waals surface area contributed by atoms with Gasteiger partial charge in [0.05, 0.1) is 22.1 Å². The molecule has 1 nitrogen and oxygen atoms in total. The van der Waals surface area contributed by atoms with Crippen molar-refractivity contribution in [2.75, 3.05) is 0 Å². The van der Waals surface area contributed by atoms with E-state index in [-0.39, 0.29) is 0 Å². The Labute approximate surface area is 465 Å². The van der Waals surface area contributed by atoms with Crippen LogP contribution in [0.2, 0.25) is 0 Å². The third-order valence-electron chi connectivity index (χ3n) is 17.6. The van der Waals surface area contributed by atoms with Gasteiger partial charge >= 0.3 is 0 Å². The summed E-state index contributed by atoms with van der Waals surface area (Å²) < 4.78 is 5.19. The van der Waals surface area contributed by atoms with E-state index in [0.717, 1.165) is 19.3 Å². The standard InChI is InChI=1S/C77H53NS/c1-3-20-52(21-4-1)53-44-40-50(41-45-53)48-55(57-25-8-7-24-56(57)54-22-5-2-6-23-54)46-42-51-43-47-61-60-28-12-16-37-70(60)78(72(61)49-51)71-38-19-39-73-75(71)65-32-17-31-63(76(65)79-73)62-30-18-36-69-74(62)64-29-11-15-35-68(64)77(69)66-33-13-9-26-58(66)59-27-10-14-34-67(59)77/h1-41,43-45,47,49,55H,42,46,48H2. The fraction of sp³-hybridized carbons (Fsp3) is 0.0649. The molecule has 0 saturated carbocycles. The SMILES string of the molecule is c1ccc(-c2ccc(CC(CCc3ccc4c5ccccc5n(-c5cccc6sc7c(-c8cccc9c8-c8ccccc8C98c9ccccc9-c9ccccc98)cccc7c56)c4c3)c3ccccc3-c3ccccc3)cc2)cc1. The van der Waals surface area contributed by atoms with E-state index in [4.69, 9.17) is 0 Å². The lowest BCUT2D eigenvalue weighted by Gasteiger charge is -2.30. The van der Waals surface area contributed by atoms with Gasteiger partial charge < -0.3 is 4.57 Å². The number of aryl methyl sites for hydroxylation is 1. The highest BCUT2D eigenvalue weighted by Gasteiger charge is 2.52. The van der Waals surface area contributed by atoms with Crippen LogP contribution in [0, 0.1) is 0 Å². The predicted molar refractivity (Wildman–Crippen MR) is 334 cm³/mol. The lowest BCUT2D eigenvalue weighted by Crippen LogP contribution is -2.25. The molecule has 0 saturated heterocycles. The van der Waals surface area contributed by atoms with Gasteiger partial charge in [0.25, 0.3) is 0 Å². The summed E-state index contributed by atoms with van der Waals surface area (Å²) in [4.78, 5) is 0. The van der Waals surface area contributed by atoms with Crippen LogP contribution in [0.25, 0.3) is 103 Å². The van der Waals surface area contributed by atoms with Crippen LogP contribution in [-0.4, -0.2) is 4.57 Å². The van der Waals surface area contributed by atoms with Crippen molar-refractivity contribution in [2.24, 2.45) is 0 Å². The number of nitrogens with zero attached hydrogens (tertiary/aromatic N) is 1. The molecule has 79 heavy (non-hydrogen) atoms. The van der Waals surface area contributed by atoms with Gasteiger partial charge in [-0.2, -0.15) is 0 Å². The van der Waals surface area contributed by atoms with Crippen molar-refractivity contribution in [3.8, 4) is 61.3 Å². The first kappa shape index (κ1) is 45.8. The molecule has 1 unspecified atom stereocenters. The van der Waals surface area contributed by atoms with Gasteiger partial charge in [-0.25, -0.2) is 0 Å². The number of hydrogen-bond acceptors (Lipinski definition) is 1. The number of fused-ring (bicyclic) bond motifs is 16. The summed E-state index contributed by atoms with van der Waals surface area (Å²) in [7, 11) is 0. The van der Waals surface area contributed by atoms with Gasteiger partial charge in [0.15, 0.2) is 0 Å². The smallest absolute Gasteiger partial charge is 0.0725 e. The molecule has 0 aliphatic heterocycles. The Hall–Kier alpha value is -9.34. The Morgan fingerprint density at radius 3 is 1.68 bits per heavy atom. The summed E-state index contributed by atoms with van der Waals surface area (Å²) in [5, 5.41) is 5.15. The molecular formula is C77H53NS. The predicted octanol–water partition coefficient (Wildman–Crippen LogP) is 20.5. The second-order valence-electron chi connectivity index (χ2n) is 21.7. The molecule has 2 aliphatic rings. The van der Waals surface area contributed by atoms with E-state index in [2.05, 4.69) is 284 Å². The lowest BCUT2D eigenvalue weighted by molar-refractivity contribution is 0.622. The molecule has 1 atom stereocenters. The summed E-state index contributed by atoms with van der Waals surface area (Å²) in [5.74, 6) is 0.301. The number of rotatable bonds is 10. The zero-order valence-corrected chi connectivity index (χ0v) is 44.4. The van der Waals surface area contributed by atoms with Crippen LogP contribution in [0.3, 0.4) is 0 Å². The van der Waals surface area contributed by atoms with E-state index in [1.54, 1.807) is 0 Å². The first-order chi connectivity index (χ1) is 39.2. The Balaban J connectivity index is 0.816. The highest BCUT2D eigenvalue weighted by molar-refractivity contribution is 7.26. The van der Waals surface area contributed by atoms with Gasteiger partial charge in [-0.15, -0.1) is 11.3 Å². The van der Waals surface area contributed by atoms with Gasteiger partial charge in [0.2, 0.25) is 0 Å². The molecule has 16 rings (SSSR count). The molecule has 0 amide bonds. The van der Waals surface area contributed by atoms with Crippen LogP contribution in [-0.2, 0) is 18.3 Å². The average molecular weight is 1020 g/mol. The fourth-order valence-electron chi connectivity index (χ4n) is 14.2. The van der Waals surface area contributed by atoms with Crippen molar-refractivity contribution >= 4 is 53.3 Å². The third kappa shape index (κ3) is 7.08. The maximum atomic E-state index is 2.57. The van der Waals surface area contributed by atoms with Gasteiger partial charge in [0, 0.05) is 36.5 Å². The van der Waals surface area contributed by atoms with E-state index in [1.807, 2.05) is 11.3 Å². The van der Waals surface area contributed by atoms with E-state index >= 15 is 0 Å². The normalized spacial score (nSPS) is 13.3. The molecule has 14 aromatic rings. The number of benzene rings is 12. The Kier molecular flexibility index (Phi) is 10.7. The fourth-order valence-corrected chi connectivity index (χ4v) is 15.5. The maximum absolute atomic E-state index is 2.57. The quantitative estimate of drug-likeness (QED) is 0.129. The first-order valence-electron chi connectivity index (χ1n) is 27.9. The first-order valence-corrected chi connectivity index (χ1v) is 28.7. The highest BCUT2D eigenvalue weighted by Crippen LogP contribution is 2.64. The summed E-state index contributed by atoms with van der Waals surface area (Å²) in [6, 6.07) is 105. The van der Waals surface area contributed by atoms with Gasteiger partial charge in [-0.1, -0.05) is 255 Å². The Morgan fingerprint density at radius 1 is 0.367 bits per heavy atom. The van der Waals surface area contributed by atoms with Crippen molar-refractivity contribution in [2.45, 2.75) is 30.6 Å². The van der Waals surface area contributed by atoms with Crippen molar-refractivity contribution < 1.29 is 0 Å². The molecule has 372 valence electrons. The summed E-state index contributed by atoms with van der Waals surface area (Å²) in [5.41, 5.74) is 25.9. The molecule has 0 N–H and O–H groups in total. The number of thiophene rings is 1. The van der Waals surface area contributed by atoms with E-state index in [1.165, 1.54) is 142 Å². The molecule has 12 aromatic carbocycles. The van der Waals surface area contributed by atoms with Crippen LogP contribution in [0.1, 0.15) is 51.3 Å². The van der Waals surface area contributed by atoms with Crippen LogP contribution >= 0.6 is 11.3 Å². The van der Waals surface area contributed by atoms with Crippen molar-refractivity contribution in [1.29, 1.82) is 0 Å². The van der Waals surface area contributed by atoms with E-state index < -0.39 is 5.41 Å². The van der Waals surface area contributed by atoms with Crippen LogP contribution in [0.15, 0.2) is 279 Å². The molecular weight excluding hydrogens is 971 g/mol. The average Bonchev–Trinajstić information content (AvgIpc) is 3.72. The minimum atomic E-state index is -0.394. The topological polar surface area (TPSA) is 4.93 Å². The Bertz CT molecular complexity index is 4650. The third-order valence-corrected chi connectivity index (χ3v) is 18.8.